The highest BCUT2D eigenvalue weighted by atomic mass is 35.5. The first-order valence-electron chi connectivity index (χ1n) is 12.9. The van der Waals surface area contributed by atoms with Crippen molar-refractivity contribution < 1.29 is 21.6 Å². The van der Waals surface area contributed by atoms with E-state index in [2.05, 4.69) is 10.3 Å². The molecular formula is C27H31Cl2N7O5S2. The monoisotopic (exact) mass is 667 g/mol. The summed E-state index contributed by atoms with van der Waals surface area (Å²) in [6, 6.07) is 15.6. The number of guanidine groups is 1. The number of amides is 1. The maximum atomic E-state index is 13.3. The summed E-state index contributed by atoms with van der Waals surface area (Å²) < 4.78 is 53.5. The highest BCUT2D eigenvalue weighted by Crippen LogP contribution is 2.28. The number of anilines is 3. The van der Waals surface area contributed by atoms with Crippen LogP contribution in [0.1, 0.15) is 15.9 Å². The predicted molar refractivity (Wildman–Crippen MR) is 171 cm³/mol. The zero-order valence-corrected chi connectivity index (χ0v) is 26.5. The number of carbonyl (C=O) groups is 1. The van der Waals surface area contributed by atoms with Gasteiger partial charge >= 0.3 is 0 Å². The Kier molecular flexibility index (Phi) is 9.76. The van der Waals surface area contributed by atoms with Crippen molar-refractivity contribution in [1.29, 1.82) is 0 Å². The molecule has 0 aliphatic carbocycles. The lowest BCUT2D eigenvalue weighted by Crippen LogP contribution is -2.48. The van der Waals surface area contributed by atoms with Crippen molar-refractivity contribution in [3.8, 4) is 0 Å². The third-order valence-corrected chi connectivity index (χ3v) is 10.3. The van der Waals surface area contributed by atoms with Crippen molar-refractivity contribution in [3.05, 3.63) is 81.8 Å². The van der Waals surface area contributed by atoms with Gasteiger partial charge in [-0.05, 0) is 60.2 Å². The van der Waals surface area contributed by atoms with E-state index in [1.165, 1.54) is 47.8 Å². The summed E-state index contributed by atoms with van der Waals surface area (Å²) in [5.41, 5.74) is 12.7. The summed E-state index contributed by atoms with van der Waals surface area (Å²) in [7, 11) is -6.14. The van der Waals surface area contributed by atoms with Crippen LogP contribution in [-0.4, -0.2) is 72.5 Å². The lowest BCUT2D eigenvalue weighted by Gasteiger charge is -2.35. The number of rotatable bonds is 9. The van der Waals surface area contributed by atoms with Crippen LogP contribution in [0.4, 0.5) is 17.1 Å². The van der Waals surface area contributed by atoms with Gasteiger partial charge in [-0.1, -0.05) is 29.3 Å². The Morgan fingerprint density at radius 2 is 1.53 bits per heavy atom. The van der Waals surface area contributed by atoms with Gasteiger partial charge in [0.2, 0.25) is 20.0 Å². The van der Waals surface area contributed by atoms with Gasteiger partial charge in [-0.2, -0.15) is 4.31 Å². The van der Waals surface area contributed by atoms with Crippen LogP contribution in [0.2, 0.25) is 10.0 Å². The average molecular weight is 669 g/mol. The number of hydrogen-bond donors (Lipinski definition) is 3. The predicted octanol–water partition coefficient (Wildman–Crippen LogP) is 2.93. The molecule has 1 heterocycles. The Morgan fingerprint density at radius 1 is 0.930 bits per heavy atom. The third-order valence-electron chi connectivity index (χ3n) is 6.79. The zero-order valence-electron chi connectivity index (χ0n) is 23.4. The van der Waals surface area contributed by atoms with E-state index >= 15 is 0 Å². The van der Waals surface area contributed by atoms with Gasteiger partial charge in [0.25, 0.3) is 5.91 Å². The molecule has 5 N–H and O–H groups in total. The molecule has 4 rings (SSSR count). The number of nitrogens with two attached hydrogens (primary N) is 2. The first kappa shape index (κ1) is 32.4. The van der Waals surface area contributed by atoms with Crippen molar-refractivity contribution in [2.75, 3.05) is 54.0 Å². The van der Waals surface area contributed by atoms with Crippen LogP contribution in [0.15, 0.2) is 70.6 Å². The lowest BCUT2D eigenvalue weighted by molar-refractivity contribution is 0.102. The first-order valence-corrected chi connectivity index (χ1v) is 16.9. The maximum Gasteiger partial charge on any atom is 0.257 e. The van der Waals surface area contributed by atoms with Crippen LogP contribution in [0.5, 0.6) is 0 Å². The van der Waals surface area contributed by atoms with E-state index in [1.807, 2.05) is 4.90 Å². The standard InChI is InChI=1S/C27H31Cl2N7O5S2/c1-34(42(2,38)39)25-8-3-18(17-32-27(30)31)13-24(25)26(37)33-21-4-6-23(7-5-21)43(40,41)36-11-9-35(10-12-36)22-15-19(28)14-20(29)16-22/h3-8,13-16H,9-12,17H2,1-2H3,(H,33,37)(H4,30,31,32). The van der Waals surface area contributed by atoms with E-state index in [1.54, 1.807) is 24.3 Å². The molecule has 0 saturated carbocycles. The fourth-order valence-corrected chi connectivity index (χ4v) is 6.92. The van der Waals surface area contributed by atoms with Crippen molar-refractivity contribution >= 4 is 72.2 Å². The van der Waals surface area contributed by atoms with Gasteiger partial charge in [0.15, 0.2) is 5.96 Å². The van der Waals surface area contributed by atoms with E-state index in [0.29, 0.717) is 34.4 Å². The fourth-order valence-electron chi connectivity index (χ4n) is 4.47. The Bertz CT molecular complexity index is 1740. The number of benzene rings is 3. The molecule has 1 amide bonds. The Morgan fingerprint density at radius 3 is 2.09 bits per heavy atom. The molecule has 3 aromatic carbocycles. The zero-order chi connectivity index (χ0) is 31.5. The summed E-state index contributed by atoms with van der Waals surface area (Å²) in [5.74, 6) is -0.740. The molecule has 1 aliphatic heterocycles. The second-order valence-corrected chi connectivity index (χ2v) is 14.6. The largest absolute Gasteiger partial charge is 0.370 e. The van der Waals surface area contributed by atoms with Crippen LogP contribution in [-0.2, 0) is 26.6 Å². The van der Waals surface area contributed by atoms with E-state index < -0.39 is 26.0 Å². The van der Waals surface area contributed by atoms with E-state index in [0.717, 1.165) is 16.2 Å². The molecule has 0 spiro atoms. The molecule has 0 bridgehead atoms. The Labute approximate surface area is 261 Å². The van der Waals surface area contributed by atoms with E-state index in [4.69, 9.17) is 34.7 Å². The van der Waals surface area contributed by atoms with Crippen molar-refractivity contribution in [2.45, 2.75) is 11.4 Å². The fraction of sp³-hybridized carbons (Fsp3) is 0.259. The minimum Gasteiger partial charge on any atom is -0.370 e. The van der Waals surface area contributed by atoms with Crippen molar-refractivity contribution in [1.82, 2.24) is 4.31 Å². The molecular weight excluding hydrogens is 637 g/mol. The first-order chi connectivity index (χ1) is 20.1. The van der Waals surface area contributed by atoms with Crippen molar-refractivity contribution in [2.24, 2.45) is 16.5 Å². The SMILES string of the molecule is CN(c1ccc(CN=C(N)N)cc1C(=O)Nc1ccc(S(=O)(=O)N2CCN(c3cc(Cl)cc(Cl)c3)CC2)cc1)S(C)(=O)=O. The quantitative estimate of drug-likeness (QED) is 0.231. The molecule has 0 radical (unpaired) electrons. The van der Waals surface area contributed by atoms with Crippen LogP contribution >= 0.6 is 23.2 Å². The summed E-state index contributed by atoms with van der Waals surface area (Å²) in [5, 5.41) is 3.71. The summed E-state index contributed by atoms with van der Waals surface area (Å²) >= 11 is 12.2. The lowest BCUT2D eigenvalue weighted by atomic mass is 10.1. The topological polar surface area (TPSA) is 172 Å². The highest BCUT2D eigenvalue weighted by Gasteiger charge is 2.29. The molecule has 16 heteroatoms. The Hall–Kier alpha value is -3.56. The molecule has 3 aromatic rings. The number of hydrogen-bond acceptors (Lipinski definition) is 7. The molecule has 1 fully saturated rings. The maximum absolute atomic E-state index is 13.3. The summed E-state index contributed by atoms with van der Waals surface area (Å²) in [6.45, 7) is 1.52. The van der Waals surface area contributed by atoms with Crippen LogP contribution in [0.3, 0.4) is 0 Å². The molecule has 0 aromatic heterocycles. The smallest absolute Gasteiger partial charge is 0.257 e. The van der Waals surface area contributed by atoms with Crippen LogP contribution in [0.25, 0.3) is 0 Å². The Balaban J connectivity index is 1.49. The highest BCUT2D eigenvalue weighted by molar-refractivity contribution is 7.92. The normalized spacial score (nSPS) is 14.3. The molecule has 1 aliphatic rings. The molecule has 0 unspecified atom stereocenters. The molecule has 230 valence electrons. The molecule has 43 heavy (non-hydrogen) atoms. The molecule has 1 saturated heterocycles. The number of carbonyl (C=O) groups excluding carboxylic acids is 1. The van der Waals surface area contributed by atoms with Gasteiger partial charge in [0.05, 0.1) is 28.9 Å². The molecule has 12 nitrogen and oxygen atoms in total. The minimum absolute atomic E-state index is 0.0618. The number of sulfonamides is 2. The summed E-state index contributed by atoms with van der Waals surface area (Å²) in [6.07, 6.45) is 1.02. The van der Waals surface area contributed by atoms with Gasteiger partial charge < -0.3 is 21.7 Å². The van der Waals surface area contributed by atoms with Gasteiger partial charge in [0, 0.05) is 54.6 Å². The van der Waals surface area contributed by atoms with Crippen LogP contribution in [0, 0.1) is 0 Å². The molecule has 0 atom stereocenters. The van der Waals surface area contributed by atoms with Gasteiger partial charge in [0.1, 0.15) is 0 Å². The summed E-state index contributed by atoms with van der Waals surface area (Å²) in [4.78, 5) is 19.3. The van der Waals surface area contributed by atoms with Gasteiger partial charge in [-0.25, -0.2) is 21.8 Å². The minimum atomic E-state index is -3.80. The van der Waals surface area contributed by atoms with Gasteiger partial charge in [-0.3, -0.25) is 9.10 Å². The van der Waals surface area contributed by atoms with Crippen molar-refractivity contribution in [3.63, 3.8) is 0 Å². The number of nitrogens with one attached hydrogen (secondary N) is 1. The number of nitrogens with zero attached hydrogens (tertiary/aromatic N) is 4. The number of halogens is 2. The van der Waals surface area contributed by atoms with Gasteiger partial charge in [-0.15, -0.1) is 0 Å². The van der Waals surface area contributed by atoms with Crippen LogP contribution < -0.4 is 26.0 Å². The van der Waals surface area contributed by atoms with E-state index in [9.17, 15) is 21.6 Å². The average Bonchev–Trinajstić information content (AvgIpc) is 2.95. The number of aliphatic imine (C=N–C) groups is 1. The van der Waals surface area contributed by atoms with E-state index in [-0.39, 0.29) is 41.7 Å². The third kappa shape index (κ3) is 7.89. The number of piperazine rings is 1. The second-order valence-electron chi connectivity index (χ2n) is 9.82. The second kappa shape index (κ2) is 13.0.